The van der Waals surface area contributed by atoms with Crippen LogP contribution in [0.1, 0.15) is 49.0 Å². The predicted octanol–water partition coefficient (Wildman–Crippen LogP) is 4.04. The number of phenols is 1. The van der Waals surface area contributed by atoms with Crippen molar-refractivity contribution >= 4 is 22.8 Å². The summed E-state index contributed by atoms with van der Waals surface area (Å²) in [5, 5.41) is 11.3. The normalized spacial score (nSPS) is 24.3. The van der Waals surface area contributed by atoms with E-state index in [9.17, 15) is 14.7 Å². The molecule has 2 atom stereocenters. The van der Waals surface area contributed by atoms with Crippen LogP contribution in [0.25, 0.3) is 10.9 Å². The van der Waals surface area contributed by atoms with Crippen molar-refractivity contribution in [1.82, 2.24) is 19.7 Å². The van der Waals surface area contributed by atoms with Gasteiger partial charge in [-0.15, -0.1) is 0 Å². The van der Waals surface area contributed by atoms with Crippen LogP contribution in [0, 0.1) is 0 Å². The number of carbonyl (C=O) groups excluding carboxylic acids is 2. The molecule has 2 saturated heterocycles. The first-order valence-corrected chi connectivity index (χ1v) is 12.8. The minimum Gasteiger partial charge on any atom is -0.508 e. The van der Waals surface area contributed by atoms with Crippen LogP contribution in [-0.2, 0) is 11.2 Å². The average molecular weight is 489 g/mol. The average Bonchev–Trinajstić information content (AvgIpc) is 3.33. The summed E-state index contributed by atoms with van der Waals surface area (Å²) >= 11 is 0. The number of fused-ring (bicyclic) bond motifs is 4. The number of amides is 3. The van der Waals surface area contributed by atoms with E-state index in [1.807, 2.05) is 31.2 Å². The second-order valence-electron chi connectivity index (χ2n) is 10.4. The Bertz CT molecular complexity index is 1340. The summed E-state index contributed by atoms with van der Waals surface area (Å²) in [4.78, 5) is 36.9. The van der Waals surface area contributed by atoms with Crippen molar-refractivity contribution < 1.29 is 19.4 Å². The van der Waals surface area contributed by atoms with E-state index < -0.39 is 11.6 Å². The van der Waals surface area contributed by atoms with Gasteiger partial charge in [0.2, 0.25) is 0 Å². The summed E-state index contributed by atoms with van der Waals surface area (Å²) < 4.78 is 5.48. The van der Waals surface area contributed by atoms with Crippen LogP contribution in [0.5, 0.6) is 11.5 Å². The molecule has 36 heavy (non-hydrogen) atoms. The van der Waals surface area contributed by atoms with E-state index in [-0.39, 0.29) is 17.7 Å². The lowest BCUT2D eigenvalue weighted by atomic mass is 9.81. The molecule has 2 aromatic carbocycles. The lowest BCUT2D eigenvalue weighted by Gasteiger charge is -2.42. The molecule has 188 valence electrons. The number of imide groups is 1. The summed E-state index contributed by atoms with van der Waals surface area (Å²) in [5.74, 6) is 0.708. The second kappa shape index (κ2) is 8.55. The molecule has 3 aliphatic heterocycles. The maximum atomic E-state index is 13.9. The SMILES string of the molecule is COc1ccc2[nH]c3c(c2c1)C[C@@]1(C)C(=O)N(CCN2CCCCC2)C(=O)N1[C@@H]3c1cccc(O)c1. The highest BCUT2D eigenvalue weighted by Crippen LogP contribution is 2.49. The monoisotopic (exact) mass is 488 g/mol. The van der Waals surface area contributed by atoms with Gasteiger partial charge in [0, 0.05) is 36.1 Å². The van der Waals surface area contributed by atoms with Gasteiger partial charge in [0.1, 0.15) is 23.1 Å². The molecule has 2 N–H and O–H groups in total. The number of aromatic hydroxyl groups is 1. The third-order valence-corrected chi connectivity index (χ3v) is 8.15. The van der Waals surface area contributed by atoms with E-state index in [1.165, 1.54) is 11.3 Å². The fourth-order valence-electron chi connectivity index (χ4n) is 6.28. The molecule has 0 aliphatic carbocycles. The first-order valence-electron chi connectivity index (χ1n) is 12.8. The lowest BCUT2D eigenvalue weighted by Crippen LogP contribution is -2.53. The summed E-state index contributed by atoms with van der Waals surface area (Å²) in [5.41, 5.74) is 2.55. The highest BCUT2D eigenvalue weighted by Gasteiger charge is 2.60. The van der Waals surface area contributed by atoms with Gasteiger partial charge in [-0.1, -0.05) is 18.6 Å². The number of urea groups is 1. The number of nitrogens with one attached hydrogen (secondary N) is 1. The largest absolute Gasteiger partial charge is 0.508 e. The minimum atomic E-state index is -1.03. The van der Waals surface area contributed by atoms with Crippen molar-refractivity contribution in [2.45, 2.75) is 44.2 Å². The van der Waals surface area contributed by atoms with Crippen LogP contribution < -0.4 is 4.74 Å². The number of benzene rings is 2. The molecule has 0 unspecified atom stereocenters. The first-order chi connectivity index (χ1) is 17.4. The van der Waals surface area contributed by atoms with Crippen LogP contribution in [0.2, 0.25) is 0 Å². The van der Waals surface area contributed by atoms with E-state index >= 15 is 0 Å². The zero-order valence-electron chi connectivity index (χ0n) is 20.8. The van der Waals surface area contributed by atoms with E-state index in [1.54, 1.807) is 30.2 Å². The summed E-state index contributed by atoms with van der Waals surface area (Å²) in [7, 11) is 1.64. The van der Waals surface area contributed by atoms with Gasteiger partial charge in [0.25, 0.3) is 5.91 Å². The molecular weight excluding hydrogens is 456 g/mol. The number of hydrogen-bond acceptors (Lipinski definition) is 5. The van der Waals surface area contributed by atoms with Gasteiger partial charge in [-0.3, -0.25) is 14.6 Å². The third kappa shape index (κ3) is 3.46. The van der Waals surface area contributed by atoms with Gasteiger partial charge in [0.15, 0.2) is 0 Å². The smallest absolute Gasteiger partial charge is 0.328 e. The fraction of sp³-hybridized carbons (Fsp3) is 0.429. The number of carbonyl (C=O) groups is 2. The Morgan fingerprint density at radius 3 is 2.64 bits per heavy atom. The molecule has 8 heteroatoms. The zero-order chi connectivity index (χ0) is 25.0. The molecule has 0 bridgehead atoms. The summed E-state index contributed by atoms with van der Waals surface area (Å²) in [6.45, 7) is 5.00. The van der Waals surface area contributed by atoms with Crippen LogP contribution in [-0.4, -0.2) is 75.6 Å². The van der Waals surface area contributed by atoms with Crippen LogP contribution in [0.4, 0.5) is 4.79 Å². The molecule has 6 rings (SSSR count). The molecule has 1 aromatic heterocycles. The van der Waals surface area contributed by atoms with Crippen molar-refractivity contribution in [1.29, 1.82) is 0 Å². The van der Waals surface area contributed by atoms with Gasteiger partial charge in [-0.25, -0.2) is 4.79 Å². The molecule has 8 nitrogen and oxygen atoms in total. The molecule has 4 heterocycles. The molecule has 3 amide bonds. The lowest BCUT2D eigenvalue weighted by molar-refractivity contribution is -0.133. The highest BCUT2D eigenvalue weighted by molar-refractivity contribution is 6.08. The van der Waals surface area contributed by atoms with Crippen LogP contribution in [0.15, 0.2) is 42.5 Å². The molecule has 0 spiro atoms. The van der Waals surface area contributed by atoms with E-state index in [0.29, 0.717) is 19.5 Å². The Hall–Kier alpha value is -3.52. The van der Waals surface area contributed by atoms with Crippen molar-refractivity contribution in [3.8, 4) is 11.5 Å². The first kappa shape index (κ1) is 22.9. The number of ether oxygens (including phenoxy) is 1. The van der Waals surface area contributed by atoms with E-state index in [4.69, 9.17) is 4.74 Å². The fourth-order valence-corrected chi connectivity index (χ4v) is 6.28. The van der Waals surface area contributed by atoms with Crippen LogP contribution in [0.3, 0.4) is 0 Å². The van der Waals surface area contributed by atoms with Gasteiger partial charge in [-0.05, 0) is 74.3 Å². The van der Waals surface area contributed by atoms with Crippen molar-refractivity contribution in [3.05, 3.63) is 59.3 Å². The number of aromatic amines is 1. The number of methoxy groups -OCH3 is 1. The van der Waals surface area contributed by atoms with Gasteiger partial charge in [-0.2, -0.15) is 0 Å². The Morgan fingerprint density at radius 1 is 1.08 bits per heavy atom. The Labute approximate surface area is 210 Å². The molecule has 0 saturated carbocycles. The summed E-state index contributed by atoms with van der Waals surface area (Å²) in [6, 6.07) is 12.0. The standard InChI is InChI=1S/C28H32N4O4/c1-28-17-22-21-16-20(36-2)9-10-23(21)29-24(22)25(18-7-6-8-19(33)15-18)32(28)27(35)31(26(28)34)14-13-30-11-4-3-5-12-30/h6-10,15-16,25,29,33H,3-5,11-14,17H2,1-2H3/t25-,28+/m1/s1. The quantitative estimate of drug-likeness (QED) is 0.530. The van der Waals surface area contributed by atoms with Crippen molar-refractivity contribution in [2.24, 2.45) is 0 Å². The number of piperidine rings is 1. The zero-order valence-corrected chi connectivity index (χ0v) is 20.8. The molecule has 0 radical (unpaired) electrons. The van der Waals surface area contributed by atoms with Crippen LogP contribution >= 0.6 is 0 Å². The molecular formula is C28H32N4O4. The third-order valence-electron chi connectivity index (χ3n) is 8.15. The minimum absolute atomic E-state index is 0.124. The maximum absolute atomic E-state index is 13.9. The van der Waals surface area contributed by atoms with Gasteiger partial charge < -0.3 is 19.7 Å². The number of likely N-dealkylation sites (tertiary alicyclic amines) is 1. The Kier molecular flexibility index (Phi) is 5.44. The molecule has 2 fully saturated rings. The van der Waals surface area contributed by atoms with Gasteiger partial charge in [0.05, 0.1) is 7.11 Å². The molecule has 3 aromatic rings. The molecule has 3 aliphatic rings. The topological polar surface area (TPSA) is 89.1 Å². The number of H-pyrrole nitrogens is 1. The maximum Gasteiger partial charge on any atom is 0.328 e. The second-order valence-corrected chi connectivity index (χ2v) is 10.4. The van der Waals surface area contributed by atoms with Crippen molar-refractivity contribution in [2.75, 3.05) is 33.3 Å². The Balaban J connectivity index is 1.45. The number of hydrogen-bond donors (Lipinski definition) is 2. The number of phenolic OH excluding ortho intramolecular Hbond substituents is 1. The number of aromatic nitrogens is 1. The Morgan fingerprint density at radius 2 is 1.89 bits per heavy atom. The van der Waals surface area contributed by atoms with E-state index in [0.717, 1.165) is 59.4 Å². The highest BCUT2D eigenvalue weighted by atomic mass is 16.5. The summed E-state index contributed by atoms with van der Waals surface area (Å²) in [6.07, 6.45) is 3.98. The van der Waals surface area contributed by atoms with Gasteiger partial charge >= 0.3 is 6.03 Å². The van der Waals surface area contributed by atoms with E-state index in [2.05, 4.69) is 9.88 Å². The number of nitrogens with zero attached hydrogens (tertiary/aromatic N) is 3. The van der Waals surface area contributed by atoms with Crippen molar-refractivity contribution in [3.63, 3.8) is 0 Å². The number of rotatable bonds is 5. The predicted molar refractivity (Wildman–Crippen MR) is 136 cm³/mol.